The van der Waals surface area contributed by atoms with Gasteiger partial charge in [0.2, 0.25) is 5.78 Å². The Bertz CT molecular complexity index is 1210. The van der Waals surface area contributed by atoms with E-state index in [0.29, 0.717) is 41.6 Å². The second-order valence-electron chi connectivity index (χ2n) is 8.09. The number of imidazole rings is 1. The second kappa shape index (κ2) is 8.27. The van der Waals surface area contributed by atoms with Gasteiger partial charge in [-0.1, -0.05) is 35.9 Å². The van der Waals surface area contributed by atoms with Crippen LogP contribution in [0.25, 0.3) is 11.1 Å². The van der Waals surface area contributed by atoms with Gasteiger partial charge in [-0.15, -0.1) is 0 Å². The summed E-state index contributed by atoms with van der Waals surface area (Å²) in [6.07, 6.45) is 7.64. The van der Waals surface area contributed by atoms with E-state index in [4.69, 9.17) is 16.6 Å². The monoisotopic (exact) mass is 440 g/mol. The molecule has 0 amide bonds. The molecule has 1 unspecified atom stereocenters. The van der Waals surface area contributed by atoms with Crippen LogP contribution in [0.2, 0.25) is 5.02 Å². The molecule has 1 saturated carbocycles. The van der Waals surface area contributed by atoms with Crippen LogP contribution in [0.5, 0.6) is 0 Å². The number of carbonyl (C=O) groups is 2. The molecular weight excluding hydrogens is 419 g/mol. The first-order chi connectivity index (χ1) is 14.5. The van der Waals surface area contributed by atoms with Crippen LogP contribution in [0.3, 0.4) is 0 Å². The van der Waals surface area contributed by atoms with Gasteiger partial charge in [0.1, 0.15) is 0 Å². The molecule has 0 saturated heterocycles. The molecule has 2 aliphatic rings. The normalized spacial score (nSPS) is 18.4. The summed E-state index contributed by atoms with van der Waals surface area (Å²) < 4.78 is 1.82. The number of fused-ring (bicyclic) bond motifs is 1. The number of aromatic nitrogens is 2. The number of ketones is 1. The average Bonchev–Trinajstić information content (AvgIpc) is 3.53. The minimum absolute atomic E-state index is 0. The molecule has 5 nitrogen and oxygen atoms in total. The molecule has 160 valence electrons. The van der Waals surface area contributed by atoms with Gasteiger partial charge in [-0.3, -0.25) is 18.7 Å². The number of hydrogen-bond donors (Lipinski definition) is 1. The number of benzene rings is 1. The SMILES string of the molecule is F.O=C(c1c(Cl)cccc1C1CC1)c1nc(C2=CCC(C(=O)O)CC2)c2ccccn12. The summed E-state index contributed by atoms with van der Waals surface area (Å²) in [6, 6.07) is 11.4. The number of allylic oxidation sites excluding steroid dienone is 2. The Kier molecular flexibility index (Phi) is 5.67. The van der Waals surface area contributed by atoms with Gasteiger partial charge >= 0.3 is 5.97 Å². The van der Waals surface area contributed by atoms with Gasteiger partial charge < -0.3 is 5.11 Å². The lowest BCUT2D eigenvalue weighted by Crippen LogP contribution is -2.15. The highest BCUT2D eigenvalue weighted by atomic mass is 35.5. The maximum atomic E-state index is 13.6. The summed E-state index contributed by atoms with van der Waals surface area (Å²) in [4.78, 5) is 29.6. The molecule has 5 rings (SSSR count). The quantitative estimate of drug-likeness (QED) is 0.530. The number of carbonyl (C=O) groups excluding carboxylic acids is 1. The molecule has 7 heteroatoms. The van der Waals surface area contributed by atoms with Crippen molar-refractivity contribution in [1.29, 1.82) is 0 Å². The van der Waals surface area contributed by atoms with E-state index < -0.39 is 5.97 Å². The van der Waals surface area contributed by atoms with Crippen molar-refractivity contribution in [2.75, 3.05) is 0 Å². The summed E-state index contributed by atoms with van der Waals surface area (Å²) >= 11 is 6.47. The Labute approximate surface area is 183 Å². The van der Waals surface area contributed by atoms with Crippen molar-refractivity contribution in [3.8, 4) is 0 Å². The molecule has 2 aliphatic carbocycles. The van der Waals surface area contributed by atoms with Gasteiger partial charge in [0.15, 0.2) is 5.82 Å². The van der Waals surface area contributed by atoms with Crippen molar-refractivity contribution in [2.45, 2.75) is 38.0 Å². The lowest BCUT2D eigenvalue weighted by Gasteiger charge is -2.17. The maximum absolute atomic E-state index is 13.6. The minimum atomic E-state index is -0.762. The van der Waals surface area contributed by atoms with Gasteiger partial charge in [0.25, 0.3) is 0 Å². The van der Waals surface area contributed by atoms with Crippen LogP contribution < -0.4 is 0 Å². The first kappa shape index (κ1) is 21.2. The number of pyridine rings is 1. The van der Waals surface area contributed by atoms with Crippen LogP contribution in [0.1, 0.15) is 65.5 Å². The van der Waals surface area contributed by atoms with Crippen molar-refractivity contribution < 1.29 is 19.4 Å². The molecule has 1 aromatic carbocycles. The number of hydrogen-bond acceptors (Lipinski definition) is 3. The van der Waals surface area contributed by atoms with Crippen molar-refractivity contribution in [3.05, 3.63) is 76.3 Å². The smallest absolute Gasteiger partial charge is 0.306 e. The molecule has 3 aromatic rings. The standard InChI is InChI=1S/C24H21ClN2O3.FH/c25-18-5-3-4-17(14-7-8-14)20(18)22(28)23-26-21(19-6-1-2-13-27(19)23)15-9-11-16(12-10-15)24(29)30;/h1-6,9,13-14,16H,7-8,10-12H2,(H,29,30);1H. The number of halogens is 2. The summed E-state index contributed by atoms with van der Waals surface area (Å²) in [6.45, 7) is 0. The van der Waals surface area contributed by atoms with E-state index in [-0.39, 0.29) is 16.4 Å². The Balaban J connectivity index is 0.00000231. The predicted octanol–water partition coefficient (Wildman–Crippen LogP) is 5.52. The summed E-state index contributed by atoms with van der Waals surface area (Å²) in [5.41, 5.74) is 4.15. The van der Waals surface area contributed by atoms with E-state index in [1.807, 2.05) is 47.0 Å². The van der Waals surface area contributed by atoms with Crippen LogP contribution >= 0.6 is 11.6 Å². The molecular formula is C24H22ClFN2O3. The van der Waals surface area contributed by atoms with Crippen LogP contribution in [0, 0.1) is 5.92 Å². The summed E-state index contributed by atoms with van der Waals surface area (Å²) in [7, 11) is 0. The fraction of sp³-hybridized carbons (Fsp3) is 0.292. The maximum Gasteiger partial charge on any atom is 0.306 e. The summed E-state index contributed by atoms with van der Waals surface area (Å²) in [5, 5.41) is 9.72. The van der Waals surface area contributed by atoms with Crippen LogP contribution in [-0.4, -0.2) is 26.2 Å². The predicted molar refractivity (Wildman–Crippen MR) is 118 cm³/mol. The number of rotatable bonds is 5. The third kappa shape index (κ3) is 3.76. The molecule has 1 fully saturated rings. The Morgan fingerprint density at radius 2 is 1.90 bits per heavy atom. The fourth-order valence-corrected chi connectivity index (χ4v) is 4.60. The van der Waals surface area contributed by atoms with E-state index in [9.17, 15) is 14.7 Å². The number of carboxylic acid groups (broad SMARTS) is 1. The van der Waals surface area contributed by atoms with Crippen LogP contribution in [-0.2, 0) is 4.79 Å². The van der Waals surface area contributed by atoms with E-state index in [2.05, 4.69) is 0 Å². The van der Waals surface area contributed by atoms with E-state index >= 15 is 0 Å². The van der Waals surface area contributed by atoms with E-state index in [1.165, 1.54) is 0 Å². The van der Waals surface area contributed by atoms with Crippen molar-refractivity contribution >= 4 is 34.4 Å². The largest absolute Gasteiger partial charge is 0.481 e. The van der Waals surface area contributed by atoms with Gasteiger partial charge in [0.05, 0.1) is 22.2 Å². The molecule has 0 bridgehead atoms. The zero-order valence-corrected chi connectivity index (χ0v) is 17.5. The molecule has 0 radical (unpaired) electrons. The highest BCUT2D eigenvalue weighted by Gasteiger charge is 2.32. The average molecular weight is 441 g/mol. The Hall–Kier alpha value is -2.99. The molecule has 1 N–H and O–H groups in total. The Morgan fingerprint density at radius 1 is 1.10 bits per heavy atom. The Morgan fingerprint density at radius 3 is 2.58 bits per heavy atom. The number of nitrogens with zero attached hydrogens (tertiary/aromatic N) is 2. The zero-order chi connectivity index (χ0) is 20.8. The lowest BCUT2D eigenvalue weighted by molar-refractivity contribution is -0.141. The van der Waals surface area contributed by atoms with Crippen molar-refractivity contribution in [2.24, 2.45) is 5.92 Å². The zero-order valence-electron chi connectivity index (χ0n) is 16.8. The van der Waals surface area contributed by atoms with Crippen molar-refractivity contribution in [1.82, 2.24) is 9.38 Å². The third-order valence-electron chi connectivity index (χ3n) is 6.11. The molecule has 2 heterocycles. The van der Waals surface area contributed by atoms with E-state index in [0.717, 1.165) is 35.2 Å². The molecule has 2 aromatic heterocycles. The first-order valence-electron chi connectivity index (χ1n) is 10.3. The highest BCUT2D eigenvalue weighted by molar-refractivity contribution is 6.35. The van der Waals surface area contributed by atoms with E-state index in [1.54, 1.807) is 6.07 Å². The fourth-order valence-electron chi connectivity index (χ4n) is 4.33. The third-order valence-corrected chi connectivity index (χ3v) is 6.42. The molecule has 31 heavy (non-hydrogen) atoms. The lowest BCUT2D eigenvalue weighted by atomic mass is 9.88. The van der Waals surface area contributed by atoms with Crippen molar-refractivity contribution in [3.63, 3.8) is 0 Å². The minimum Gasteiger partial charge on any atom is -0.481 e. The molecule has 0 aliphatic heterocycles. The second-order valence-corrected chi connectivity index (χ2v) is 8.49. The first-order valence-corrected chi connectivity index (χ1v) is 10.6. The highest BCUT2D eigenvalue weighted by Crippen LogP contribution is 2.43. The van der Waals surface area contributed by atoms with Crippen LogP contribution in [0.15, 0.2) is 48.7 Å². The van der Waals surface area contributed by atoms with Gasteiger partial charge in [-0.2, -0.15) is 0 Å². The molecule has 1 atom stereocenters. The topological polar surface area (TPSA) is 71.7 Å². The summed E-state index contributed by atoms with van der Waals surface area (Å²) in [5.74, 6) is -0.552. The van der Waals surface area contributed by atoms with Gasteiger partial charge in [0, 0.05) is 11.8 Å². The van der Waals surface area contributed by atoms with Gasteiger partial charge in [-0.25, -0.2) is 4.98 Å². The number of aliphatic carboxylic acids is 1. The van der Waals surface area contributed by atoms with Crippen LogP contribution in [0.4, 0.5) is 4.70 Å². The molecule has 0 spiro atoms. The number of carboxylic acids is 1. The van der Waals surface area contributed by atoms with Gasteiger partial charge in [-0.05, 0) is 67.4 Å².